The third-order valence-corrected chi connectivity index (χ3v) is 2.32. The van der Waals surface area contributed by atoms with Crippen molar-refractivity contribution >= 4 is 17.5 Å². The maximum atomic E-state index is 5.41. The number of hydrogen-bond acceptors (Lipinski definition) is 5. The van der Waals surface area contributed by atoms with Crippen molar-refractivity contribution in [1.29, 1.82) is 0 Å². The second-order valence-corrected chi connectivity index (χ2v) is 3.43. The number of anilines is 1. The van der Waals surface area contributed by atoms with Crippen molar-refractivity contribution in [1.82, 2.24) is 14.3 Å². The largest absolute Gasteiger partial charge is 0.367 e. The Balaban J connectivity index is 0.000000531. The lowest BCUT2D eigenvalue weighted by atomic mass is 10.3. The summed E-state index contributed by atoms with van der Waals surface area (Å²) in [4.78, 5) is 8.25. The molecular formula is C10H14N4S. The van der Waals surface area contributed by atoms with E-state index in [2.05, 4.69) is 14.3 Å². The van der Waals surface area contributed by atoms with Crippen molar-refractivity contribution in [3.05, 3.63) is 23.9 Å². The summed E-state index contributed by atoms with van der Waals surface area (Å²) >= 11 is 1.26. The first-order valence-corrected chi connectivity index (χ1v) is 5.55. The summed E-state index contributed by atoms with van der Waals surface area (Å²) in [7, 11) is 0. The predicted octanol–water partition coefficient (Wildman–Crippen LogP) is 2.52. The van der Waals surface area contributed by atoms with Crippen molar-refractivity contribution in [3.8, 4) is 10.7 Å². The van der Waals surface area contributed by atoms with Crippen LogP contribution in [0.5, 0.6) is 0 Å². The fourth-order valence-corrected chi connectivity index (χ4v) is 1.50. The molecule has 0 saturated carbocycles. The molecule has 0 aliphatic carbocycles. The smallest absolute Gasteiger partial charge is 0.232 e. The molecule has 0 fully saturated rings. The van der Waals surface area contributed by atoms with E-state index >= 15 is 0 Å². The number of aryl methyl sites for hydroxylation is 1. The number of aromatic nitrogens is 3. The van der Waals surface area contributed by atoms with Gasteiger partial charge in [0.15, 0.2) is 5.01 Å². The molecule has 0 bridgehead atoms. The molecule has 0 aliphatic rings. The molecule has 0 radical (unpaired) electrons. The summed E-state index contributed by atoms with van der Waals surface area (Å²) in [5.74, 6) is 0.308. The monoisotopic (exact) mass is 222 g/mol. The van der Waals surface area contributed by atoms with Crippen LogP contribution in [0.1, 0.15) is 19.4 Å². The fraction of sp³-hybridized carbons (Fsp3) is 0.300. The van der Waals surface area contributed by atoms with Crippen molar-refractivity contribution in [3.63, 3.8) is 0 Å². The van der Waals surface area contributed by atoms with Crippen molar-refractivity contribution in [2.24, 2.45) is 0 Å². The van der Waals surface area contributed by atoms with Crippen LogP contribution in [0.25, 0.3) is 10.7 Å². The van der Waals surface area contributed by atoms with Crippen LogP contribution in [0.15, 0.2) is 18.3 Å². The van der Waals surface area contributed by atoms with Gasteiger partial charge in [0.25, 0.3) is 0 Å². The second kappa shape index (κ2) is 5.41. The third kappa shape index (κ3) is 2.99. The minimum absolute atomic E-state index is 0.308. The lowest BCUT2D eigenvalue weighted by Crippen LogP contribution is -1.87. The molecule has 5 heteroatoms. The average molecular weight is 222 g/mol. The molecule has 0 unspecified atom stereocenters. The zero-order valence-corrected chi connectivity index (χ0v) is 9.88. The molecule has 0 amide bonds. The molecule has 2 heterocycles. The highest BCUT2D eigenvalue weighted by Crippen LogP contribution is 2.19. The lowest BCUT2D eigenvalue weighted by Gasteiger charge is -1.93. The van der Waals surface area contributed by atoms with Crippen molar-refractivity contribution in [2.75, 3.05) is 5.73 Å². The Kier molecular flexibility index (Phi) is 4.17. The van der Waals surface area contributed by atoms with E-state index in [1.54, 1.807) is 6.20 Å². The zero-order valence-electron chi connectivity index (χ0n) is 9.06. The van der Waals surface area contributed by atoms with Crippen LogP contribution in [0.2, 0.25) is 0 Å². The number of pyridine rings is 1. The highest BCUT2D eigenvalue weighted by molar-refractivity contribution is 7.09. The molecule has 15 heavy (non-hydrogen) atoms. The van der Waals surface area contributed by atoms with E-state index in [9.17, 15) is 0 Å². The summed E-state index contributed by atoms with van der Waals surface area (Å²) < 4.78 is 3.88. The number of rotatable bonds is 1. The van der Waals surface area contributed by atoms with Crippen LogP contribution >= 0.6 is 11.5 Å². The molecule has 0 atom stereocenters. The summed E-state index contributed by atoms with van der Waals surface area (Å²) in [5, 5.41) is 0.762. The first kappa shape index (κ1) is 11.6. The van der Waals surface area contributed by atoms with Gasteiger partial charge in [0.2, 0.25) is 5.95 Å². The summed E-state index contributed by atoms with van der Waals surface area (Å²) in [6.45, 7) is 5.99. The first-order valence-electron chi connectivity index (χ1n) is 4.78. The molecule has 0 spiro atoms. The van der Waals surface area contributed by atoms with E-state index in [4.69, 9.17) is 5.73 Å². The molecule has 4 nitrogen and oxygen atoms in total. The topological polar surface area (TPSA) is 64.7 Å². The quantitative estimate of drug-likeness (QED) is 0.805. The highest BCUT2D eigenvalue weighted by atomic mass is 32.1. The molecular weight excluding hydrogens is 208 g/mol. The van der Waals surface area contributed by atoms with E-state index in [1.807, 2.05) is 32.9 Å². The molecule has 2 aromatic rings. The van der Waals surface area contributed by atoms with Gasteiger partial charge < -0.3 is 5.73 Å². The Morgan fingerprint density at radius 3 is 2.47 bits per heavy atom. The molecule has 2 rings (SSSR count). The Morgan fingerprint density at radius 2 is 2.00 bits per heavy atom. The number of hydrogen-bond donors (Lipinski definition) is 1. The lowest BCUT2D eigenvalue weighted by molar-refractivity contribution is 1.25. The second-order valence-electron chi connectivity index (χ2n) is 2.68. The SMILES string of the molecule is CC.Cc1ccc(-c2nc(N)ns2)nc1. The van der Waals surface area contributed by atoms with Gasteiger partial charge >= 0.3 is 0 Å². The Hall–Kier alpha value is -1.49. The first-order chi connectivity index (χ1) is 7.25. The van der Waals surface area contributed by atoms with Gasteiger partial charge in [0, 0.05) is 6.20 Å². The molecule has 0 saturated heterocycles. The Morgan fingerprint density at radius 1 is 1.27 bits per heavy atom. The minimum atomic E-state index is 0.308. The number of nitrogens with zero attached hydrogens (tertiary/aromatic N) is 3. The van der Waals surface area contributed by atoms with Crippen molar-refractivity contribution in [2.45, 2.75) is 20.8 Å². The van der Waals surface area contributed by atoms with Crippen LogP contribution in [0.4, 0.5) is 5.95 Å². The van der Waals surface area contributed by atoms with Gasteiger partial charge in [-0.25, -0.2) is 0 Å². The van der Waals surface area contributed by atoms with E-state index in [0.29, 0.717) is 5.95 Å². The fourth-order valence-electron chi connectivity index (χ4n) is 0.933. The van der Waals surface area contributed by atoms with Gasteiger partial charge in [0.05, 0.1) is 0 Å². The van der Waals surface area contributed by atoms with Crippen molar-refractivity contribution < 1.29 is 0 Å². The molecule has 2 aromatic heterocycles. The van der Waals surface area contributed by atoms with E-state index in [0.717, 1.165) is 16.3 Å². The molecule has 80 valence electrons. The Labute approximate surface area is 93.4 Å². The minimum Gasteiger partial charge on any atom is -0.367 e. The zero-order chi connectivity index (χ0) is 11.3. The van der Waals surface area contributed by atoms with Gasteiger partial charge in [-0.15, -0.1) is 0 Å². The van der Waals surface area contributed by atoms with Crippen LogP contribution in [0, 0.1) is 6.92 Å². The van der Waals surface area contributed by atoms with E-state index in [1.165, 1.54) is 11.5 Å². The van der Waals surface area contributed by atoms with Crippen LogP contribution in [0.3, 0.4) is 0 Å². The molecule has 0 aliphatic heterocycles. The van der Waals surface area contributed by atoms with Crippen LogP contribution in [-0.4, -0.2) is 14.3 Å². The van der Waals surface area contributed by atoms with Gasteiger partial charge in [-0.3, -0.25) is 4.98 Å². The maximum Gasteiger partial charge on any atom is 0.232 e. The van der Waals surface area contributed by atoms with Crippen LogP contribution < -0.4 is 5.73 Å². The highest BCUT2D eigenvalue weighted by Gasteiger charge is 2.04. The predicted molar refractivity (Wildman–Crippen MR) is 63.6 cm³/mol. The van der Waals surface area contributed by atoms with Gasteiger partial charge in [-0.1, -0.05) is 19.9 Å². The molecule has 0 aromatic carbocycles. The maximum absolute atomic E-state index is 5.41. The molecule has 2 N–H and O–H groups in total. The van der Waals surface area contributed by atoms with Gasteiger partial charge in [-0.05, 0) is 30.1 Å². The van der Waals surface area contributed by atoms with Gasteiger partial charge in [0.1, 0.15) is 5.69 Å². The summed E-state index contributed by atoms with van der Waals surface area (Å²) in [6, 6.07) is 3.90. The number of nitrogen functional groups attached to an aromatic ring is 1. The normalized spacial score (nSPS) is 9.27. The van der Waals surface area contributed by atoms with Crippen LogP contribution in [-0.2, 0) is 0 Å². The van der Waals surface area contributed by atoms with E-state index < -0.39 is 0 Å². The number of nitrogens with two attached hydrogens (primary N) is 1. The van der Waals surface area contributed by atoms with E-state index in [-0.39, 0.29) is 0 Å². The average Bonchev–Trinajstić information content (AvgIpc) is 2.69. The summed E-state index contributed by atoms with van der Waals surface area (Å²) in [5.41, 5.74) is 7.35. The Bertz CT molecular complexity index is 408. The van der Waals surface area contributed by atoms with Gasteiger partial charge in [-0.2, -0.15) is 9.36 Å². The third-order valence-electron chi connectivity index (χ3n) is 1.57. The summed E-state index contributed by atoms with van der Waals surface area (Å²) in [6.07, 6.45) is 1.80. The standard InChI is InChI=1S/C8H8N4S.C2H6/c1-5-2-3-6(10-4-5)7-11-8(9)12-13-7;1-2/h2-4H,1H3,(H2,9,12);1-2H3.